The normalized spacial score (nSPS) is 26.6. The molecule has 3 atom stereocenters. The van der Waals surface area contributed by atoms with Crippen LogP contribution in [0.3, 0.4) is 0 Å². The van der Waals surface area contributed by atoms with E-state index in [9.17, 15) is 8.42 Å². The molecule has 0 aliphatic carbocycles. The fraction of sp³-hybridized carbons (Fsp3) is 1.00. The first kappa shape index (κ1) is 16.9. The van der Waals surface area contributed by atoms with Gasteiger partial charge in [0, 0.05) is 30.9 Å². The molecule has 0 amide bonds. The molecular weight excluding hydrogens is 262 g/mol. The quantitative estimate of drug-likeness (QED) is 0.811. The molecule has 0 aromatic carbocycles. The second kappa shape index (κ2) is 6.55. The zero-order valence-electron chi connectivity index (χ0n) is 12.9. The fourth-order valence-corrected chi connectivity index (χ4v) is 3.83. The van der Waals surface area contributed by atoms with E-state index in [2.05, 4.69) is 26.1 Å². The summed E-state index contributed by atoms with van der Waals surface area (Å²) in [5.41, 5.74) is 0.140. The third-order valence-corrected chi connectivity index (χ3v) is 5.63. The lowest BCUT2D eigenvalue weighted by Crippen LogP contribution is -2.41. The van der Waals surface area contributed by atoms with E-state index in [-0.39, 0.29) is 29.1 Å². The van der Waals surface area contributed by atoms with Crippen LogP contribution < -0.4 is 5.32 Å². The summed E-state index contributed by atoms with van der Waals surface area (Å²) in [4.78, 5) is 0. The number of ether oxygens (including phenoxy) is 1. The average Bonchev–Trinajstić information content (AvgIpc) is 2.73. The molecular formula is C14H29NO3S. The Labute approximate surface area is 118 Å². The highest BCUT2D eigenvalue weighted by Crippen LogP contribution is 2.34. The number of hydrogen-bond donors (Lipinski definition) is 1. The Bertz CT molecular complexity index is 373. The van der Waals surface area contributed by atoms with Crippen molar-refractivity contribution in [3.05, 3.63) is 0 Å². The van der Waals surface area contributed by atoms with Crippen molar-refractivity contribution in [3.8, 4) is 0 Å². The Morgan fingerprint density at radius 3 is 2.53 bits per heavy atom. The van der Waals surface area contributed by atoms with Crippen LogP contribution in [0, 0.1) is 11.3 Å². The summed E-state index contributed by atoms with van der Waals surface area (Å²) in [7, 11) is -2.90. The van der Waals surface area contributed by atoms with Gasteiger partial charge in [-0.1, -0.05) is 27.7 Å². The Morgan fingerprint density at radius 1 is 1.37 bits per heavy atom. The first-order valence-corrected chi connectivity index (χ1v) is 9.03. The van der Waals surface area contributed by atoms with Gasteiger partial charge in [0.2, 0.25) is 0 Å². The molecule has 1 rings (SSSR count). The Morgan fingerprint density at radius 2 is 2.00 bits per heavy atom. The van der Waals surface area contributed by atoms with Crippen LogP contribution >= 0.6 is 0 Å². The van der Waals surface area contributed by atoms with Crippen LogP contribution in [-0.2, 0) is 14.6 Å². The zero-order chi connectivity index (χ0) is 14.7. The zero-order valence-corrected chi connectivity index (χ0v) is 13.7. The summed E-state index contributed by atoms with van der Waals surface area (Å²) >= 11 is 0. The van der Waals surface area contributed by atoms with Gasteiger partial charge in [0.05, 0.1) is 11.9 Å². The van der Waals surface area contributed by atoms with Gasteiger partial charge in [-0.15, -0.1) is 0 Å². The molecule has 0 bridgehead atoms. The van der Waals surface area contributed by atoms with Gasteiger partial charge in [-0.3, -0.25) is 0 Å². The molecule has 1 aliphatic heterocycles. The lowest BCUT2D eigenvalue weighted by molar-refractivity contribution is 0.00698. The number of hydrogen-bond acceptors (Lipinski definition) is 4. The van der Waals surface area contributed by atoms with Crippen LogP contribution in [0.25, 0.3) is 0 Å². The monoisotopic (exact) mass is 291 g/mol. The maximum Gasteiger partial charge on any atom is 0.151 e. The largest absolute Gasteiger partial charge is 0.377 e. The van der Waals surface area contributed by atoms with Crippen LogP contribution in [0.2, 0.25) is 0 Å². The molecule has 0 aromatic rings. The van der Waals surface area contributed by atoms with E-state index in [0.29, 0.717) is 5.92 Å². The Balaban J connectivity index is 2.44. The summed E-state index contributed by atoms with van der Waals surface area (Å²) in [6.07, 6.45) is 1.32. The van der Waals surface area contributed by atoms with Gasteiger partial charge in [-0.2, -0.15) is 0 Å². The molecule has 0 saturated carbocycles. The maximum atomic E-state index is 11.6. The predicted octanol–water partition coefficient (Wildman–Crippen LogP) is 1.85. The SMILES string of the molecule is CCS(=O)(=O)C[C@@H](C)NC[C@H]1CCO[C@@H]1C(C)(C)C. The summed E-state index contributed by atoms with van der Waals surface area (Å²) in [6.45, 7) is 11.9. The molecule has 5 heteroatoms. The summed E-state index contributed by atoms with van der Waals surface area (Å²) in [5, 5.41) is 3.36. The third kappa shape index (κ3) is 5.40. The van der Waals surface area contributed by atoms with E-state index in [4.69, 9.17) is 4.74 Å². The molecule has 1 N–H and O–H groups in total. The van der Waals surface area contributed by atoms with E-state index < -0.39 is 9.84 Å². The highest BCUT2D eigenvalue weighted by molar-refractivity contribution is 7.91. The summed E-state index contributed by atoms with van der Waals surface area (Å²) in [5.74, 6) is 0.916. The standard InChI is InChI=1S/C14H29NO3S/c1-6-19(16,17)10-11(2)15-9-12-7-8-18-13(12)14(3,4)5/h11-13,15H,6-10H2,1-5H3/t11-,12-,13+/m1/s1. The van der Waals surface area contributed by atoms with Crippen molar-refractivity contribution >= 4 is 9.84 Å². The van der Waals surface area contributed by atoms with Crippen molar-refractivity contribution < 1.29 is 13.2 Å². The van der Waals surface area contributed by atoms with Gasteiger partial charge in [0.25, 0.3) is 0 Å². The van der Waals surface area contributed by atoms with Gasteiger partial charge in [0.15, 0.2) is 9.84 Å². The molecule has 1 saturated heterocycles. The number of nitrogens with one attached hydrogen (secondary N) is 1. The third-order valence-electron chi connectivity index (χ3n) is 3.74. The molecule has 0 radical (unpaired) electrons. The van der Waals surface area contributed by atoms with Crippen LogP contribution in [0.5, 0.6) is 0 Å². The second-order valence-electron chi connectivity index (χ2n) is 6.71. The van der Waals surface area contributed by atoms with Crippen molar-refractivity contribution in [2.75, 3.05) is 24.7 Å². The molecule has 0 spiro atoms. The molecule has 0 aromatic heterocycles. The smallest absolute Gasteiger partial charge is 0.151 e. The summed E-state index contributed by atoms with van der Waals surface area (Å²) in [6, 6.07) is 0.00571. The van der Waals surface area contributed by atoms with Gasteiger partial charge >= 0.3 is 0 Å². The van der Waals surface area contributed by atoms with E-state index in [1.807, 2.05) is 6.92 Å². The van der Waals surface area contributed by atoms with Gasteiger partial charge in [-0.05, 0) is 18.8 Å². The molecule has 19 heavy (non-hydrogen) atoms. The molecule has 4 nitrogen and oxygen atoms in total. The minimum Gasteiger partial charge on any atom is -0.377 e. The highest BCUT2D eigenvalue weighted by Gasteiger charge is 2.37. The van der Waals surface area contributed by atoms with Gasteiger partial charge < -0.3 is 10.1 Å². The highest BCUT2D eigenvalue weighted by atomic mass is 32.2. The van der Waals surface area contributed by atoms with Crippen LogP contribution in [-0.4, -0.2) is 45.2 Å². The number of rotatable bonds is 6. The van der Waals surface area contributed by atoms with E-state index in [0.717, 1.165) is 19.6 Å². The topological polar surface area (TPSA) is 55.4 Å². The number of sulfone groups is 1. The Hall–Kier alpha value is -0.130. The predicted molar refractivity (Wildman–Crippen MR) is 79.1 cm³/mol. The van der Waals surface area contributed by atoms with Crippen molar-refractivity contribution in [2.24, 2.45) is 11.3 Å². The van der Waals surface area contributed by atoms with E-state index >= 15 is 0 Å². The van der Waals surface area contributed by atoms with E-state index in [1.165, 1.54) is 0 Å². The lowest BCUT2D eigenvalue weighted by Gasteiger charge is -2.31. The van der Waals surface area contributed by atoms with Crippen LogP contribution in [0.4, 0.5) is 0 Å². The van der Waals surface area contributed by atoms with Crippen LogP contribution in [0.15, 0.2) is 0 Å². The second-order valence-corrected chi connectivity index (χ2v) is 9.11. The Kier molecular flexibility index (Phi) is 5.83. The van der Waals surface area contributed by atoms with Crippen molar-refractivity contribution in [2.45, 2.75) is 53.2 Å². The molecule has 1 heterocycles. The van der Waals surface area contributed by atoms with Crippen molar-refractivity contribution in [3.63, 3.8) is 0 Å². The van der Waals surface area contributed by atoms with Gasteiger partial charge in [0.1, 0.15) is 0 Å². The minimum absolute atomic E-state index is 0.00571. The molecule has 1 fully saturated rings. The van der Waals surface area contributed by atoms with Gasteiger partial charge in [-0.25, -0.2) is 8.42 Å². The van der Waals surface area contributed by atoms with Crippen molar-refractivity contribution in [1.82, 2.24) is 5.32 Å². The first-order valence-electron chi connectivity index (χ1n) is 7.21. The maximum absolute atomic E-state index is 11.6. The lowest BCUT2D eigenvalue weighted by atomic mass is 9.81. The molecule has 0 unspecified atom stereocenters. The first-order chi connectivity index (χ1) is 8.65. The molecule has 114 valence electrons. The van der Waals surface area contributed by atoms with Crippen molar-refractivity contribution in [1.29, 1.82) is 0 Å². The van der Waals surface area contributed by atoms with E-state index in [1.54, 1.807) is 6.92 Å². The summed E-state index contributed by atoms with van der Waals surface area (Å²) < 4.78 is 29.0. The fourth-order valence-electron chi connectivity index (χ4n) is 2.71. The molecule has 1 aliphatic rings. The van der Waals surface area contributed by atoms with Crippen LogP contribution in [0.1, 0.15) is 41.0 Å². The minimum atomic E-state index is -2.90. The average molecular weight is 291 g/mol.